The number of nitro groups is 1. The van der Waals surface area contributed by atoms with Gasteiger partial charge in [-0.1, -0.05) is 48.3 Å². The Labute approximate surface area is 204 Å². The van der Waals surface area contributed by atoms with E-state index in [9.17, 15) is 14.9 Å². The normalized spacial score (nSPS) is 13.4. The molecule has 10 heteroatoms. The van der Waals surface area contributed by atoms with Gasteiger partial charge in [-0.3, -0.25) is 14.9 Å². The van der Waals surface area contributed by atoms with Crippen molar-refractivity contribution in [1.29, 1.82) is 0 Å². The fourth-order valence-corrected chi connectivity index (χ4v) is 3.73. The number of ether oxygens (including phenoxy) is 1. The Morgan fingerprint density at radius 3 is 2.64 bits per heavy atom. The van der Waals surface area contributed by atoms with Crippen molar-refractivity contribution >= 4 is 50.3 Å². The van der Waals surface area contributed by atoms with E-state index < -0.39 is 4.92 Å². The standard InChI is InChI=1S/C23H24BrClN4O4/c1-5-13(3)22-27-19-8-7-16(24)10-18(19)23(30)28(22)26-12-15-9-17(25)11-20(29(31)32)21(15)33-14(4)6-2/h7-14H,5-6H2,1-4H3/t13-,14-/m0/s1. The molecule has 0 fully saturated rings. The quantitative estimate of drug-likeness (QED) is 0.192. The highest BCUT2D eigenvalue weighted by Crippen LogP contribution is 2.35. The molecule has 2 aromatic carbocycles. The SMILES string of the molecule is CC[C@H](C)Oc1c(C=Nn2c([C@@H](C)CC)nc3ccc(Br)cc3c2=O)cc(Cl)cc1[N+](=O)[O-]. The first-order valence-corrected chi connectivity index (χ1v) is 11.7. The minimum absolute atomic E-state index is 0.0487. The van der Waals surface area contributed by atoms with Crippen LogP contribution in [0.1, 0.15) is 57.8 Å². The number of hydrogen-bond acceptors (Lipinski definition) is 6. The van der Waals surface area contributed by atoms with Crippen LogP contribution in [-0.2, 0) is 0 Å². The average Bonchev–Trinajstić information content (AvgIpc) is 2.79. The van der Waals surface area contributed by atoms with Crippen LogP contribution in [0.15, 0.2) is 44.7 Å². The summed E-state index contributed by atoms with van der Waals surface area (Å²) in [5.74, 6) is 0.499. The van der Waals surface area contributed by atoms with Crippen molar-refractivity contribution < 1.29 is 9.66 Å². The van der Waals surface area contributed by atoms with Crippen LogP contribution in [0.2, 0.25) is 5.02 Å². The zero-order chi connectivity index (χ0) is 24.3. The van der Waals surface area contributed by atoms with Crippen LogP contribution in [0.25, 0.3) is 10.9 Å². The highest BCUT2D eigenvalue weighted by molar-refractivity contribution is 9.10. The van der Waals surface area contributed by atoms with Gasteiger partial charge in [-0.25, -0.2) is 4.98 Å². The van der Waals surface area contributed by atoms with Gasteiger partial charge in [0, 0.05) is 27.0 Å². The molecular formula is C23H24BrClN4O4. The smallest absolute Gasteiger partial charge is 0.313 e. The lowest BCUT2D eigenvalue weighted by Crippen LogP contribution is -2.24. The van der Waals surface area contributed by atoms with E-state index in [0.29, 0.717) is 28.7 Å². The van der Waals surface area contributed by atoms with E-state index in [1.807, 2.05) is 33.8 Å². The molecule has 1 heterocycles. The van der Waals surface area contributed by atoms with Gasteiger partial charge in [0.25, 0.3) is 5.56 Å². The van der Waals surface area contributed by atoms with E-state index >= 15 is 0 Å². The lowest BCUT2D eigenvalue weighted by atomic mass is 10.1. The van der Waals surface area contributed by atoms with Crippen molar-refractivity contribution in [3.05, 3.63) is 71.7 Å². The molecule has 1 aromatic heterocycles. The minimum Gasteiger partial charge on any atom is -0.483 e. The van der Waals surface area contributed by atoms with E-state index in [4.69, 9.17) is 16.3 Å². The predicted octanol–water partition coefficient (Wildman–Crippen LogP) is 6.29. The second kappa shape index (κ2) is 10.4. The topological polar surface area (TPSA) is 99.6 Å². The Balaban J connectivity index is 2.24. The monoisotopic (exact) mass is 534 g/mol. The van der Waals surface area contributed by atoms with Gasteiger partial charge in [-0.15, -0.1) is 0 Å². The first-order chi connectivity index (χ1) is 15.7. The van der Waals surface area contributed by atoms with Crippen LogP contribution < -0.4 is 10.3 Å². The van der Waals surface area contributed by atoms with Gasteiger partial charge >= 0.3 is 5.69 Å². The third-order valence-corrected chi connectivity index (χ3v) is 6.06. The molecule has 0 bridgehead atoms. The van der Waals surface area contributed by atoms with Gasteiger partial charge in [-0.05, 0) is 44.0 Å². The molecule has 3 aromatic rings. The van der Waals surface area contributed by atoms with E-state index in [1.165, 1.54) is 23.0 Å². The highest BCUT2D eigenvalue weighted by Gasteiger charge is 2.22. The van der Waals surface area contributed by atoms with E-state index in [2.05, 4.69) is 26.0 Å². The predicted molar refractivity (Wildman–Crippen MR) is 134 cm³/mol. The summed E-state index contributed by atoms with van der Waals surface area (Å²) in [5.41, 5.74) is 0.267. The first kappa shape index (κ1) is 24.9. The fraction of sp³-hybridized carbons (Fsp3) is 0.348. The molecule has 0 aliphatic carbocycles. The van der Waals surface area contributed by atoms with Gasteiger partial charge in [0.2, 0.25) is 5.75 Å². The Bertz CT molecular complexity index is 1290. The van der Waals surface area contributed by atoms with Crippen LogP contribution in [0.3, 0.4) is 0 Å². The van der Waals surface area contributed by atoms with Crippen molar-refractivity contribution in [3.8, 4) is 5.75 Å². The summed E-state index contributed by atoms with van der Waals surface area (Å²) >= 11 is 9.53. The number of nitro benzene ring substituents is 1. The van der Waals surface area contributed by atoms with Crippen LogP contribution in [0.5, 0.6) is 5.75 Å². The molecule has 0 aliphatic heterocycles. The van der Waals surface area contributed by atoms with E-state index in [-0.39, 0.29) is 34.0 Å². The van der Waals surface area contributed by atoms with Gasteiger partial charge in [0.1, 0.15) is 5.82 Å². The largest absolute Gasteiger partial charge is 0.483 e. The second-order valence-electron chi connectivity index (χ2n) is 7.74. The number of rotatable bonds is 8. The molecule has 0 amide bonds. The maximum absolute atomic E-state index is 13.3. The minimum atomic E-state index is -0.549. The molecular weight excluding hydrogens is 512 g/mol. The zero-order valence-corrected chi connectivity index (χ0v) is 21.1. The van der Waals surface area contributed by atoms with E-state index in [1.54, 1.807) is 12.1 Å². The lowest BCUT2D eigenvalue weighted by molar-refractivity contribution is -0.386. The van der Waals surface area contributed by atoms with Crippen molar-refractivity contribution in [1.82, 2.24) is 9.66 Å². The number of halogens is 2. The van der Waals surface area contributed by atoms with E-state index in [0.717, 1.165) is 10.9 Å². The molecule has 0 saturated heterocycles. The number of aromatic nitrogens is 2. The molecule has 174 valence electrons. The number of hydrogen-bond donors (Lipinski definition) is 0. The Morgan fingerprint density at radius 1 is 1.27 bits per heavy atom. The Hall–Kier alpha value is -2.78. The van der Waals surface area contributed by atoms with Gasteiger partial charge in [0.15, 0.2) is 0 Å². The van der Waals surface area contributed by atoms with Crippen molar-refractivity contribution in [3.63, 3.8) is 0 Å². The highest BCUT2D eigenvalue weighted by atomic mass is 79.9. The van der Waals surface area contributed by atoms with Crippen LogP contribution in [0, 0.1) is 10.1 Å². The van der Waals surface area contributed by atoms with Crippen molar-refractivity contribution in [2.45, 2.75) is 52.6 Å². The number of benzene rings is 2. The molecule has 0 N–H and O–H groups in total. The Kier molecular flexibility index (Phi) is 7.86. The molecule has 8 nitrogen and oxygen atoms in total. The fourth-order valence-electron chi connectivity index (χ4n) is 3.14. The molecule has 0 saturated carbocycles. The summed E-state index contributed by atoms with van der Waals surface area (Å²) in [5, 5.41) is 16.6. The van der Waals surface area contributed by atoms with Gasteiger partial charge in [0.05, 0.1) is 28.1 Å². The van der Waals surface area contributed by atoms with Crippen LogP contribution >= 0.6 is 27.5 Å². The lowest BCUT2D eigenvalue weighted by Gasteiger charge is -2.16. The molecule has 33 heavy (non-hydrogen) atoms. The van der Waals surface area contributed by atoms with Crippen molar-refractivity contribution in [2.75, 3.05) is 0 Å². The van der Waals surface area contributed by atoms with Gasteiger partial charge < -0.3 is 4.74 Å². The first-order valence-electron chi connectivity index (χ1n) is 10.6. The summed E-state index contributed by atoms with van der Waals surface area (Å²) < 4.78 is 7.83. The van der Waals surface area contributed by atoms with Crippen molar-refractivity contribution in [2.24, 2.45) is 5.10 Å². The summed E-state index contributed by atoms with van der Waals surface area (Å²) in [7, 11) is 0. The maximum atomic E-state index is 13.3. The molecule has 0 spiro atoms. The maximum Gasteiger partial charge on any atom is 0.313 e. The second-order valence-corrected chi connectivity index (χ2v) is 9.09. The average molecular weight is 536 g/mol. The zero-order valence-electron chi connectivity index (χ0n) is 18.7. The summed E-state index contributed by atoms with van der Waals surface area (Å²) in [4.78, 5) is 29.1. The van der Waals surface area contributed by atoms with Crippen LogP contribution in [-0.4, -0.2) is 26.9 Å². The summed E-state index contributed by atoms with van der Waals surface area (Å²) in [6, 6.07) is 8.06. The third kappa shape index (κ3) is 5.42. The Morgan fingerprint density at radius 2 is 2.00 bits per heavy atom. The van der Waals surface area contributed by atoms with Gasteiger partial charge in [-0.2, -0.15) is 9.78 Å². The molecule has 2 atom stereocenters. The number of nitrogens with zero attached hydrogens (tertiary/aromatic N) is 4. The number of fused-ring (bicyclic) bond motifs is 1. The molecule has 0 radical (unpaired) electrons. The summed E-state index contributed by atoms with van der Waals surface area (Å²) in [6.45, 7) is 7.68. The third-order valence-electron chi connectivity index (χ3n) is 5.35. The summed E-state index contributed by atoms with van der Waals surface area (Å²) in [6.07, 6.45) is 2.48. The van der Waals surface area contributed by atoms with Crippen LogP contribution in [0.4, 0.5) is 5.69 Å². The molecule has 3 rings (SSSR count). The molecule has 0 unspecified atom stereocenters. The molecule has 0 aliphatic rings.